The molecule has 118 valence electrons. The number of carbonyl (C=O) groups is 1. The van der Waals surface area contributed by atoms with Gasteiger partial charge in [0, 0.05) is 17.7 Å². The molecule has 1 aliphatic rings. The zero-order valence-electron chi connectivity index (χ0n) is 12.5. The number of carbonyl (C=O) groups excluding carboxylic acids is 1. The Morgan fingerprint density at radius 2 is 2.24 bits per heavy atom. The zero-order valence-corrected chi connectivity index (χ0v) is 13.3. The van der Waals surface area contributed by atoms with E-state index in [2.05, 4.69) is 12.2 Å². The predicted octanol–water partition coefficient (Wildman–Crippen LogP) is 3.21. The normalized spacial score (nSPS) is 20.7. The Morgan fingerprint density at radius 3 is 2.95 bits per heavy atom. The maximum Gasteiger partial charge on any atom is 0.227 e. The number of halogens is 1. The third kappa shape index (κ3) is 4.90. The molecule has 1 fully saturated rings. The van der Waals surface area contributed by atoms with Gasteiger partial charge in [-0.05, 0) is 43.9 Å². The summed E-state index contributed by atoms with van der Waals surface area (Å²) in [7, 11) is 0. The summed E-state index contributed by atoms with van der Waals surface area (Å²) in [6.45, 7) is 3.35. The molecule has 0 bridgehead atoms. The number of hydrogen-bond donors (Lipinski definition) is 2. The van der Waals surface area contributed by atoms with Crippen LogP contribution in [0.4, 0.5) is 5.69 Å². The molecule has 3 N–H and O–H groups in total. The first-order chi connectivity index (χ1) is 9.74. The lowest BCUT2D eigenvalue weighted by Gasteiger charge is -2.17. The molecule has 4 nitrogen and oxygen atoms in total. The Balaban J connectivity index is 0.00000220. The smallest absolute Gasteiger partial charge is 0.227 e. The second kappa shape index (κ2) is 8.90. The number of amides is 1. The molecule has 21 heavy (non-hydrogen) atoms. The van der Waals surface area contributed by atoms with Crippen molar-refractivity contribution in [1.82, 2.24) is 0 Å². The Kier molecular flexibility index (Phi) is 7.54. The minimum Gasteiger partial charge on any atom is -0.494 e. The molecule has 2 rings (SSSR count). The molecule has 1 aliphatic carbocycles. The highest BCUT2D eigenvalue weighted by atomic mass is 35.5. The van der Waals surface area contributed by atoms with Gasteiger partial charge in [-0.1, -0.05) is 19.4 Å². The molecular weight excluding hydrogens is 288 g/mol. The highest BCUT2D eigenvalue weighted by Gasteiger charge is 2.31. The molecule has 1 aromatic rings. The topological polar surface area (TPSA) is 64.3 Å². The van der Waals surface area contributed by atoms with Crippen LogP contribution < -0.4 is 15.8 Å². The maximum atomic E-state index is 12.3. The van der Waals surface area contributed by atoms with Gasteiger partial charge in [0.25, 0.3) is 0 Å². The van der Waals surface area contributed by atoms with Gasteiger partial charge in [-0.25, -0.2) is 0 Å². The van der Waals surface area contributed by atoms with E-state index in [0.717, 1.165) is 37.1 Å². The van der Waals surface area contributed by atoms with Gasteiger partial charge in [0.05, 0.1) is 6.61 Å². The number of hydrogen-bond acceptors (Lipinski definition) is 3. The van der Waals surface area contributed by atoms with E-state index in [1.807, 2.05) is 24.3 Å². The van der Waals surface area contributed by atoms with E-state index in [9.17, 15) is 4.79 Å². The van der Waals surface area contributed by atoms with Crippen molar-refractivity contribution in [2.75, 3.05) is 18.5 Å². The first-order valence-electron chi connectivity index (χ1n) is 7.48. The van der Waals surface area contributed by atoms with Crippen LogP contribution in [-0.4, -0.2) is 19.1 Å². The van der Waals surface area contributed by atoms with E-state index in [-0.39, 0.29) is 24.2 Å². The van der Waals surface area contributed by atoms with Gasteiger partial charge in [-0.15, -0.1) is 12.4 Å². The van der Waals surface area contributed by atoms with Crippen molar-refractivity contribution in [3.63, 3.8) is 0 Å². The number of ether oxygens (including phenoxy) is 1. The van der Waals surface area contributed by atoms with Crippen molar-refractivity contribution < 1.29 is 9.53 Å². The summed E-state index contributed by atoms with van der Waals surface area (Å²) in [6.07, 6.45) is 4.07. The number of rotatable bonds is 6. The van der Waals surface area contributed by atoms with Gasteiger partial charge in [0.15, 0.2) is 0 Å². The molecule has 1 amide bonds. The summed E-state index contributed by atoms with van der Waals surface area (Å²) in [5.74, 6) is 1.27. The van der Waals surface area contributed by atoms with Crippen LogP contribution in [-0.2, 0) is 4.79 Å². The molecular formula is C16H25ClN2O2. The fraction of sp³-hybridized carbons (Fsp3) is 0.562. The minimum absolute atomic E-state index is 0. The maximum absolute atomic E-state index is 12.3. The van der Waals surface area contributed by atoms with E-state index >= 15 is 0 Å². The number of nitrogens with two attached hydrogens (primary N) is 1. The first kappa shape index (κ1) is 17.8. The zero-order chi connectivity index (χ0) is 14.4. The fourth-order valence-corrected chi connectivity index (χ4v) is 2.78. The summed E-state index contributed by atoms with van der Waals surface area (Å²) in [6, 6.07) is 7.57. The van der Waals surface area contributed by atoms with Crippen molar-refractivity contribution >= 4 is 24.0 Å². The molecule has 2 atom stereocenters. The lowest BCUT2D eigenvalue weighted by Crippen LogP contribution is -2.29. The third-order valence-electron chi connectivity index (χ3n) is 3.87. The Labute approximate surface area is 132 Å². The van der Waals surface area contributed by atoms with Crippen molar-refractivity contribution in [3.8, 4) is 5.75 Å². The summed E-state index contributed by atoms with van der Waals surface area (Å²) in [4.78, 5) is 12.3. The highest BCUT2D eigenvalue weighted by molar-refractivity contribution is 5.93. The van der Waals surface area contributed by atoms with E-state index in [1.54, 1.807) is 0 Å². The molecule has 0 spiro atoms. The molecule has 0 radical (unpaired) electrons. The standard InChI is InChI=1S/C16H24N2O2.ClH/c1-2-9-20-14-7-4-6-13(10-14)18-16(19)15-8-3-5-12(15)11-17;/h4,6-7,10,12,15H,2-3,5,8-9,11,17H2,1H3,(H,18,19);1H/t12-,15-;/m1./s1. The summed E-state index contributed by atoms with van der Waals surface area (Å²) < 4.78 is 5.57. The molecule has 1 aromatic carbocycles. The lowest BCUT2D eigenvalue weighted by atomic mass is 9.95. The molecule has 5 heteroatoms. The summed E-state index contributed by atoms with van der Waals surface area (Å²) in [5.41, 5.74) is 6.53. The van der Waals surface area contributed by atoms with E-state index in [1.165, 1.54) is 0 Å². The van der Waals surface area contributed by atoms with Crippen molar-refractivity contribution in [2.45, 2.75) is 32.6 Å². The van der Waals surface area contributed by atoms with Crippen LogP contribution in [0.15, 0.2) is 24.3 Å². The van der Waals surface area contributed by atoms with Gasteiger partial charge in [-0.3, -0.25) is 4.79 Å². The van der Waals surface area contributed by atoms with Crippen LogP contribution in [0.25, 0.3) is 0 Å². The Hall–Kier alpha value is -1.26. The van der Waals surface area contributed by atoms with E-state index in [4.69, 9.17) is 10.5 Å². The molecule has 0 aliphatic heterocycles. The van der Waals surface area contributed by atoms with Gasteiger partial charge in [-0.2, -0.15) is 0 Å². The van der Waals surface area contributed by atoms with Crippen molar-refractivity contribution in [1.29, 1.82) is 0 Å². The number of nitrogens with one attached hydrogen (secondary N) is 1. The quantitative estimate of drug-likeness (QED) is 0.847. The van der Waals surface area contributed by atoms with Crippen LogP contribution in [0.2, 0.25) is 0 Å². The molecule has 0 aromatic heterocycles. The monoisotopic (exact) mass is 312 g/mol. The average molecular weight is 313 g/mol. The van der Waals surface area contributed by atoms with Gasteiger partial charge < -0.3 is 15.8 Å². The fourth-order valence-electron chi connectivity index (χ4n) is 2.78. The number of anilines is 1. The average Bonchev–Trinajstić information content (AvgIpc) is 2.94. The van der Waals surface area contributed by atoms with Gasteiger partial charge >= 0.3 is 0 Å². The second-order valence-electron chi connectivity index (χ2n) is 5.40. The number of benzene rings is 1. The van der Waals surface area contributed by atoms with Crippen molar-refractivity contribution in [2.24, 2.45) is 17.6 Å². The highest BCUT2D eigenvalue weighted by Crippen LogP contribution is 2.32. The molecule has 0 saturated heterocycles. The SMILES string of the molecule is CCCOc1cccc(NC(=O)[C@@H]2CCC[C@@H]2CN)c1.Cl. The van der Waals surface area contributed by atoms with E-state index < -0.39 is 0 Å². The Morgan fingerprint density at radius 1 is 1.43 bits per heavy atom. The predicted molar refractivity (Wildman–Crippen MR) is 88.0 cm³/mol. The van der Waals surface area contributed by atoms with Crippen LogP contribution in [0.3, 0.4) is 0 Å². The molecule has 0 heterocycles. The van der Waals surface area contributed by atoms with Crippen LogP contribution >= 0.6 is 12.4 Å². The third-order valence-corrected chi connectivity index (χ3v) is 3.87. The second-order valence-corrected chi connectivity index (χ2v) is 5.40. The Bertz CT molecular complexity index is 454. The van der Waals surface area contributed by atoms with Gasteiger partial charge in [0.2, 0.25) is 5.91 Å². The summed E-state index contributed by atoms with van der Waals surface area (Å²) >= 11 is 0. The van der Waals surface area contributed by atoms with E-state index in [0.29, 0.717) is 19.1 Å². The van der Waals surface area contributed by atoms with Crippen LogP contribution in [0, 0.1) is 11.8 Å². The van der Waals surface area contributed by atoms with Crippen molar-refractivity contribution in [3.05, 3.63) is 24.3 Å². The van der Waals surface area contributed by atoms with Gasteiger partial charge in [0.1, 0.15) is 5.75 Å². The van der Waals surface area contributed by atoms with Crippen LogP contribution in [0.1, 0.15) is 32.6 Å². The van der Waals surface area contributed by atoms with Crippen LogP contribution in [0.5, 0.6) is 5.75 Å². The molecule has 1 saturated carbocycles. The first-order valence-corrected chi connectivity index (χ1v) is 7.48. The molecule has 0 unspecified atom stereocenters. The lowest BCUT2D eigenvalue weighted by molar-refractivity contribution is -0.120. The minimum atomic E-state index is 0. The summed E-state index contributed by atoms with van der Waals surface area (Å²) in [5, 5.41) is 2.99. The largest absolute Gasteiger partial charge is 0.494 e.